The van der Waals surface area contributed by atoms with E-state index in [-0.39, 0.29) is 5.91 Å². The largest absolute Gasteiger partial charge is 0.355 e. The second-order valence-corrected chi connectivity index (χ2v) is 7.48. The van der Waals surface area contributed by atoms with E-state index < -0.39 is 0 Å². The molecule has 156 valence electrons. The number of hydrogen-bond donors (Lipinski definition) is 2. The number of guanidine groups is 1. The highest BCUT2D eigenvalue weighted by molar-refractivity contribution is 5.94. The highest BCUT2D eigenvalue weighted by atomic mass is 16.2. The molecule has 0 bridgehead atoms. The first-order valence-corrected chi connectivity index (χ1v) is 10.5. The summed E-state index contributed by atoms with van der Waals surface area (Å²) in [6.45, 7) is 2.46. The molecular formula is C23H28N6O. The van der Waals surface area contributed by atoms with Crippen LogP contribution in [-0.2, 0) is 0 Å². The molecular weight excluding hydrogens is 376 g/mol. The Morgan fingerprint density at radius 2 is 2.07 bits per heavy atom. The number of benzene rings is 1. The number of pyridine rings is 1. The Balaban J connectivity index is 1.30. The van der Waals surface area contributed by atoms with Gasteiger partial charge in [-0.3, -0.25) is 9.78 Å². The fraction of sp³-hybridized carbons (Fsp3) is 0.391. The zero-order valence-electron chi connectivity index (χ0n) is 17.1. The number of nitrogens with zero attached hydrogens (tertiary/aromatic N) is 4. The van der Waals surface area contributed by atoms with Gasteiger partial charge in [-0.2, -0.15) is 5.26 Å². The molecule has 0 spiro atoms. The van der Waals surface area contributed by atoms with Crippen LogP contribution >= 0.6 is 0 Å². The molecule has 3 rings (SSSR count). The fourth-order valence-electron chi connectivity index (χ4n) is 3.69. The first-order valence-electron chi connectivity index (χ1n) is 10.5. The topological polar surface area (TPSA) is 93.4 Å². The lowest BCUT2D eigenvalue weighted by atomic mass is 10.0. The molecule has 1 aliphatic rings. The maximum absolute atomic E-state index is 12.5. The van der Waals surface area contributed by atoms with Gasteiger partial charge in [0.1, 0.15) is 0 Å². The molecule has 0 radical (unpaired) electrons. The minimum Gasteiger partial charge on any atom is -0.355 e. The Kier molecular flexibility index (Phi) is 8.22. The van der Waals surface area contributed by atoms with Crippen molar-refractivity contribution in [3.63, 3.8) is 0 Å². The average Bonchev–Trinajstić information content (AvgIpc) is 3.26. The summed E-state index contributed by atoms with van der Waals surface area (Å²) in [5.74, 6) is 1.18. The highest BCUT2D eigenvalue weighted by Crippen LogP contribution is 2.23. The van der Waals surface area contributed by atoms with Crippen molar-refractivity contribution in [2.45, 2.75) is 32.1 Å². The summed E-state index contributed by atoms with van der Waals surface area (Å²) in [7, 11) is 0. The molecule has 1 amide bonds. The summed E-state index contributed by atoms with van der Waals surface area (Å²) in [5.41, 5.74) is 1.56. The number of likely N-dealkylation sites (tertiary alicyclic amines) is 1. The lowest BCUT2D eigenvalue weighted by Gasteiger charge is -2.16. The Morgan fingerprint density at radius 1 is 1.20 bits per heavy atom. The van der Waals surface area contributed by atoms with Crippen molar-refractivity contribution in [2.24, 2.45) is 10.9 Å². The van der Waals surface area contributed by atoms with Crippen molar-refractivity contribution in [3.05, 3.63) is 60.4 Å². The smallest absolute Gasteiger partial charge is 0.253 e. The summed E-state index contributed by atoms with van der Waals surface area (Å²) in [6, 6.07) is 13.2. The van der Waals surface area contributed by atoms with E-state index in [4.69, 9.17) is 5.26 Å². The number of amides is 1. The van der Waals surface area contributed by atoms with Gasteiger partial charge in [-0.25, -0.2) is 0 Å². The highest BCUT2D eigenvalue weighted by Gasteiger charge is 2.26. The van der Waals surface area contributed by atoms with E-state index in [9.17, 15) is 4.79 Å². The van der Waals surface area contributed by atoms with E-state index in [1.54, 1.807) is 12.4 Å². The van der Waals surface area contributed by atoms with Crippen LogP contribution in [0.1, 0.15) is 42.5 Å². The molecule has 1 aliphatic heterocycles. The third kappa shape index (κ3) is 6.59. The molecule has 2 heterocycles. The van der Waals surface area contributed by atoms with Crippen molar-refractivity contribution >= 4 is 17.6 Å². The van der Waals surface area contributed by atoms with Gasteiger partial charge >= 0.3 is 0 Å². The number of hydrogen-bond acceptors (Lipinski definition) is 4. The predicted molar refractivity (Wildman–Crippen MR) is 118 cm³/mol. The molecule has 0 saturated carbocycles. The van der Waals surface area contributed by atoms with Gasteiger partial charge in [0.25, 0.3) is 5.91 Å². The van der Waals surface area contributed by atoms with Crippen LogP contribution < -0.4 is 10.6 Å². The average molecular weight is 405 g/mol. The molecule has 2 aromatic rings. The normalized spacial score (nSPS) is 16.2. The monoisotopic (exact) mass is 404 g/mol. The lowest BCUT2D eigenvalue weighted by molar-refractivity contribution is 0.0786. The number of anilines is 1. The van der Waals surface area contributed by atoms with Crippen LogP contribution in [0.2, 0.25) is 0 Å². The third-order valence-electron chi connectivity index (χ3n) is 5.26. The summed E-state index contributed by atoms with van der Waals surface area (Å²) in [4.78, 5) is 22.3. The number of rotatable bonds is 8. The van der Waals surface area contributed by atoms with Crippen LogP contribution in [0.4, 0.5) is 5.69 Å². The minimum atomic E-state index is 0.146. The van der Waals surface area contributed by atoms with Crippen LogP contribution in [0.25, 0.3) is 0 Å². The standard InChI is InChI=1S/C23H28N6O/c24-18-27-23(28-21-11-7-13-25-16-21)26-14-6-2-3-8-19-12-15-29(17-19)22(30)20-9-4-1-5-10-20/h1,4-5,7,9-11,13,16,19H,2-3,6,8,12,14-15,17H2,(H2,26,27,28). The Morgan fingerprint density at radius 3 is 2.83 bits per heavy atom. The minimum absolute atomic E-state index is 0.146. The van der Waals surface area contributed by atoms with Gasteiger partial charge in [0, 0.05) is 31.4 Å². The number of nitrogens with one attached hydrogen (secondary N) is 2. The van der Waals surface area contributed by atoms with Crippen molar-refractivity contribution in [1.82, 2.24) is 15.2 Å². The second-order valence-electron chi connectivity index (χ2n) is 7.48. The van der Waals surface area contributed by atoms with Crippen LogP contribution in [0.5, 0.6) is 0 Å². The first kappa shape index (κ1) is 21.3. The maximum Gasteiger partial charge on any atom is 0.253 e. The number of nitriles is 1. The molecule has 2 N–H and O–H groups in total. The molecule has 1 saturated heterocycles. The van der Waals surface area contributed by atoms with Crippen molar-refractivity contribution in [2.75, 3.05) is 25.0 Å². The van der Waals surface area contributed by atoms with E-state index in [0.717, 1.165) is 63.0 Å². The van der Waals surface area contributed by atoms with Gasteiger partial charge in [-0.1, -0.05) is 31.0 Å². The van der Waals surface area contributed by atoms with Crippen molar-refractivity contribution in [3.8, 4) is 6.19 Å². The van der Waals surface area contributed by atoms with Crippen LogP contribution in [-0.4, -0.2) is 41.4 Å². The zero-order valence-corrected chi connectivity index (χ0v) is 17.1. The molecule has 1 aromatic heterocycles. The zero-order chi connectivity index (χ0) is 21.0. The third-order valence-corrected chi connectivity index (χ3v) is 5.26. The van der Waals surface area contributed by atoms with Gasteiger partial charge in [-0.15, -0.1) is 4.99 Å². The summed E-state index contributed by atoms with van der Waals surface area (Å²) in [6.07, 6.45) is 10.7. The summed E-state index contributed by atoms with van der Waals surface area (Å²) in [5, 5.41) is 15.1. The SMILES string of the molecule is N#C/N=C(/NCCCCCC1CCN(C(=O)c2ccccc2)C1)Nc1cccnc1. The summed E-state index contributed by atoms with van der Waals surface area (Å²) >= 11 is 0. The van der Waals surface area contributed by atoms with Crippen LogP contribution in [0.3, 0.4) is 0 Å². The summed E-state index contributed by atoms with van der Waals surface area (Å²) < 4.78 is 0. The van der Waals surface area contributed by atoms with Gasteiger partial charge in [0.15, 0.2) is 0 Å². The van der Waals surface area contributed by atoms with Crippen molar-refractivity contribution in [1.29, 1.82) is 5.26 Å². The molecule has 1 fully saturated rings. The van der Waals surface area contributed by atoms with E-state index >= 15 is 0 Å². The Bertz CT molecular complexity index is 862. The van der Waals surface area contributed by atoms with Crippen molar-refractivity contribution < 1.29 is 4.79 Å². The molecule has 1 unspecified atom stereocenters. The van der Waals surface area contributed by atoms with E-state index in [0.29, 0.717) is 11.9 Å². The van der Waals surface area contributed by atoms with E-state index in [1.165, 1.54) is 0 Å². The Labute approximate surface area is 177 Å². The quantitative estimate of drug-likeness (QED) is 0.303. The molecule has 1 atom stereocenters. The molecule has 7 heteroatoms. The Hall–Kier alpha value is -3.40. The maximum atomic E-state index is 12.5. The number of aromatic nitrogens is 1. The fourth-order valence-corrected chi connectivity index (χ4v) is 3.69. The number of carbonyl (C=O) groups is 1. The molecule has 1 aromatic carbocycles. The number of aliphatic imine (C=N–C) groups is 1. The predicted octanol–water partition coefficient (Wildman–Crippen LogP) is 3.64. The van der Waals surface area contributed by atoms with E-state index in [1.807, 2.05) is 53.6 Å². The van der Waals surface area contributed by atoms with Gasteiger partial charge in [0.05, 0.1) is 11.9 Å². The van der Waals surface area contributed by atoms with Gasteiger partial charge < -0.3 is 15.5 Å². The first-order chi connectivity index (χ1) is 14.8. The van der Waals surface area contributed by atoms with Gasteiger partial charge in [-0.05, 0) is 49.4 Å². The number of unbranched alkanes of at least 4 members (excludes halogenated alkanes) is 2. The van der Waals surface area contributed by atoms with Gasteiger partial charge in [0.2, 0.25) is 12.2 Å². The second kappa shape index (κ2) is 11.6. The molecule has 30 heavy (non-hydrogen) atoms. The lowest BCUT2D eigenvalue weighted by Crippen LogP contribution is -2.31. The van der Waals surface area contributed by atoms with Crippen LogP contribution in [0.15, 0.2) is 59.9 Å². The molecule has 0 aliphatic carbocycles. The molecule has 7 nitrogen and oxygen atoms in total. The number of carbonyl (C=O) groups excluding carboxylic acids is 1. The van der Waals surface area contributed by atoms with E-state index in [2.05, 4.69) is 20.6 Å². The van der Waals surface area contributed by atoms with Crippen LogP contribution in [0, 0.1) is 17.4 Å².